The van der Waals surface area contributed by atoms with Gasteiger partial charge in [-0.25, -0.2) is 0 Å². The molecule has 0 atom stereocenters. The molecule has 0 aromatic heterocycles. The van der Waals surface area contributed by atoms with Crippen molar-refractivity contribution in [2.24, 2.45) is 0 Å². The molecule has 2 amide bonds. The molecule has 0 radical (unpaired) electrons. The Morgan fingerprint density at radius 3 is 1.29 bits per heavy atom. The van der Waals surface area contributed by atoms with Gasteiger partial charge in [-0.2, -0.15) is 0 Å². The number of amides is 2. The average Bonchev–Trinajstić information content (AvgIpc) is 2.93. The zero-order valence-electron chi connectivity index (χ0n) is 22.6. The second kappa shape index (κ2) is 13.9. The molecule has 5 N–H and O–H groups in total. The van der Waals surface area contributed by atoms with Gasteiger partial charge in [-0.05, 0) is 83.6 Å². The maximum atomic E-state index is 12.6. The van der Waals surface area contributed by atoms with Crippen LogP contribution in [0.3, 0.4) is 0 Å². The van der Waals surface area contributed by atoms with Gasteiger partial charge in [-0.15, -0.1) is 0 Å². The summed E-state index contributed by atoms with van der Waals surface area (Å²) in [6.45, 7) is 0. The van der Waals surface area contributed by atoms with Crippen molar-refractivity contribution in [1.82, 2.24) is 0 Å². The Morgan fingerprint density at radius 1 is 0.548 bits per heavy atom. The minimum atomic E-state index is -0.949. The van der Waals surface area contributed by atoms with Gasteiger partial charge in [0, 0.05) is 22.5 Å². The molecule has 4 rings (SSSR count). The molecule has 0 aliphatic heterocycles. The van der Waals surface area contributed by atoms with Crippen molar-refractivity contribution in [3.63, 3.8) is 0 Å². The summed E-state index contributed by atoms with van der Waals surface area (Å²) < 4.78 is 0. The van der Waals surface area contributed by atoms with Gasteiger partial charge in [0.25, 0.3) is 11.8 Å². The lowest BCUT2D eigenvalue weighted by molar-refractivity contribution is -0.137. The zero-order valence-corrected chi connectivity index (χ0v) is 22.6. The van der Waals surface area contributed by atoms with E-state index in [-0.39, 0.29) is 24.7 Å². The number of rotatable bonds is 12. The summed E-state index contributed by atoms with van der Waals surface area (Å²) in [6, 6.07) is 27.1. The highest BCUT2D eigenvalue weighted by Gasteiger charge is 2.12. The number of hydrogen-bond donors (Lipinski definition) is 5. The van der Waals surface area contributed by atoms with E-state index in [1.807, 2.05) is 0 Å². The van der Waals surface area contributed by atoms with Gasteiger partial charge in [0.05, 0.1) is 18.9 Å². The molecule has 0 bridgehead atoms. The third-order valence-corrected chi connectivity index (χ3v) is 6.46. The molecule has 4 aromatic carbocycles. The van der Waals surface area contributed by atoms with Crippen LogP contribution in [0.4, 0.5) is 11.4 Å². The van der Waals surface area contributed by atoms with Crippen molar-refractivity contribution >= 4 is 35.1 Å². The summed E-state index contributed by atoms with van der Waals surface area (Å²) in [6.07, 6.45) is -0.208. The Balaban J connectivity index is 1.28. The molecular weight excluding hydrogens is 536 g/mol. The Kier molecular flexibility index (Phi) is 9.81. The lowest BCUT2D eigenvalue weighted by atomic mass is 9.99. The van der Waals surface area contributed by atoms with Crippen molar-refractivity contribution in [2.75, 3.05) is 10.6 Å². The number of hydrogen-bond acceptors (Lipinski definition) is 5. The summed E-state index contributed by atoms with van der Waals surface area (Å²) in [5.74, 6) is -2.55. The number of aliphatic hydroxyl groups is 1. The number of nitrogens with one attached hydrogen (secondary N) is 2. The fourth-order valence-electron chi connectivity index (χ4n) is 4.47. The summed E-state index contributed by atoms with van der Waals surface area (Å²) in [4.78, 5) is 47.1. The minimum absolute atomic E-state index is 0.132. The number of carbonyl (C=O) groups is 4. The van der Waals surface area contributed by atoms with E-state index in [9.17, 15) is 24.3 Å². The highest BCUT2D eigenvalue weighted by atomic mass is 16.4. The van der Waals surface area contributed by atoms with E-state index >= 15 is 0 Å². The number of anilines is 2. The molecule has 0 saturated carbocycles. The second-order valence-electron chi connectivity index (χ2n) is 9.91. The van der Waals surface area contributed by atoms with Crippen LogP contribution in [0.2, 0.25) is 0 Å². The predicted octanol–water partition coefficient (Wildman–Crippen LogP) is 4.59. The first-order valence-electron chi connectivity index (χ1n) is 13.2. The third kappa shape index (κ3) is 8.87. The average molecular weight is 567 g/mol. The summed E-state index contributed by atoms with van der Waals surface area (Å²) >= 11 is 0. The lowest BCUT2D eigenvalue weighted by Crippen LogP contribution is -2.15. The Hall–Kier alpha value is -5.28. The molecule has 9 nitrogen and oxygen atoms in total. The summed E-state index contributed by atoms with van der Waals surface area (Å²) in [5, 5.41) is 34.1. The van der Waals surface area contributed by atoms with Crippen LogP contribution in [0.15, 0.2) is 97.1 Å². The maximum absolute atomic E-state index is 12.6. The largest absolute Gasteiger partial charge is 0.481 e. The number of benzene rings is 4. The van der Waals surface area contributed by atoms with Gasteiger partial charge in [-0.3, -0.25) is 19.2 Å². The molecule has 42 heavy (non-hydrogen) atoms. The maximum Gasteiger partial charge on any atom is 0.307 e. The topological polar surface area (TPSA) is 153 Å². The first kappa shape index (κ1) is 29.7. The zero-order chi connectivity index (χ0) is 30.1. The molecule has 0 heterocycles. The van der Waals surface area contributed by atoms with Crippen LogP contribution >= 0.6 is 0 Å². The molecule has 0 unspecified atom stereocenters. The quantitative estimate of drug-likeness (QED) is 0.168. The Bertz CT molecular complexity index is 1460. The molecule has 0 aliphatic rings. The van der Waals surface area contributed by atoms with Gasteiger partial charge in [0.2, 0.25) is 0 Å². The van der Waals surface area contributed by atoms with Crippen molar-refractivity contribution in [3.8, 4) is 0 Å². The fraction of sp³-hybridized carbons (Fsp3) is 0.152. The number of aliphatic hydroxyl groups excluding tert-OH is 1. The highest BCUT2D eigenvalue weighted by molar-refractivity contribution is 6.05. The molecule has 0 spiro atoms. The highest BCUT2D eigenvalue weighted by Crippen LogP contribution is 2.17. The molecule has 0 fully saturated rings. The van der Waals surface area contributed by atoms with Crippen LogP contribution in [0.1, 0.15) is 43.0 Å². The Morgan fingerprint density at radius 2 is 0.929 bits per heavy atom. The SMILES string of the molecule is O=C(O)Cc1cccc(NC(=O)c2ccc(CC(O)Cc3ccc(C(=O)Nc4cccc(CC(=O)O)c4)cc3)cc2)c1. The van der Waals surface area contributed by atoms with Crippen LogP contribution in [0.5, 0.6) is 0 Å². The number of carbonyl (C=O) groups excluding carboxylic acids is 2. The van der Waals surface area contributed by atoms with Crippen molar-refractivity contribution in [2.45, 2.75) is 31.8 Å². The standard InChI is InChI=1S/C33H30N2O7/c36-29(17-21-7-11-25(12-8-21)32(41)34-27-5-1-3-23(15-27)19-30(37)38)18-22-9-13-26(14-10-22)33(42)35-28-6-2-4-24(16-28)20-31(39)40/h1-16,29,36H,17-20H2,(H,34,41)(H,35,42)(H,37,38)(H,39,40). The van der Waals surface area contributed by atoms with E-state index in [0.717, 1.165) is 11.1 Å². The monoisotopic (exact) mass is 566 g/mol. The summed E-state index contributed by atoms with van der Waals surface area (Å²) in [7, 11) is 0. The third-order valence-electron chi connectivity index (χ3n) is 6.46. The van der Waals surface area contributed by atoms with Crippen LogP contribution in [-0.4, -0.2) is 45.2 Å². The second-order valence-corrected chi connectivity index (χ2v) is 9.91. The van der Waals surface area contributed by atoms with Crippen molar-refractivity contribution < 1.29 is 34.5 Å². The fourth-order valence-corrected chi connectivity index (χ4v) is 4.47. The van der Waals surface area contributed by atoms with Crippen molar-refractivity contribution in [1.29, 1.82) is 0 Å². The molecular formula is C33H30N2O7. The van der Waals surface area contributed by atoms with Gasteiger partial charge >= 0.3 is 11.9 Å². The van der Waals surface area contributed by atoms with Crippen LogP contribution in [-0.2, 0) is 35.3 Å². The van der Waals surface area contributed by atoms with E-state index in [1.165, 1.54) is 0 Å². The van der Waals surface area contributed by atoms with Crippen LogP contribution in [0.25, 0.3) is 0 Å². The first-order valence-corrected chi connectivity index (χ1v) is 13.2. The van der Waals surface area contributed by atoms with E-state index in [1.54, 1.807) is 97.1 Å². The van der Waals surface area contributed by atoms with Crippen LogP contribution in [0, 0.1) is 0 Å². The molecule has 0 saturated heterocycles. The predicted molar refractivity (Wildman–Crippen MR) is 158 cm³/mol. The first-order chi connectivity index (χ1) is 20.1. The number of aliphatic carboxylic acids is 2. The lowest BCUT2D eigenvalue weighted by Gasteiger charge is -2.12. The van der Waals surface area contributed by atoms with E-state index in [2.05, 4.69) is 10.6 Å². The van der Waals surface area contributed by atoms with E-state index in [4.69, 9.17) is 10.2 Å². The van der Waals surface area contributed by atoms with Gasteiger partial charge in [-0.1, -0.05) is 48.5 Å². The van der Waals surface area contributed by atoms with Crippen molar-refractivity contribution in [3.05, 3.63) is 130 Å². The molecule has 214 valence electrons. The number of carboxylic acids is 2. The van der Waals surface area contributed by atoms with E-state index < -0.39 is 18.0 Å². The molecule has 0 aliphatic carbocycles. The van der Waals surface area contributed by atoms with E-state index in [0.29, 0.717) is 46.5 Å². The molecule has 4 aromatic rings. The Labute approximate surface area is 242 Å². The number of carboxylic acid groups (broad SMARTS) is 2. The van der Waals surface area contributed by atoms with Gasteiger partial charge < -0.3 is 26.0 Å². The minimum Gasteiger partial charge on any atom is -0.481 e. The smallest absolute Gasteiger partial charge is 0.307 e. The van der Waals surface area contributed by atoms with Gasteiger partial charge in [0.1, 0.15) is 0 Å². The normalized spacial score (nSPS) is 10.7. The molecule has 9 heteroatoms. The van der Waals surface area contributed by atoms with Crippen LogP contribution < -0.4 is 10.6 Å². The van der Waals surface area contributed by atoms with Gasteiger partial charge in [0.15, 0.2) is 0 Å². The summed E-state index contributed by atoms with van der Waals surface area (Å²) in [5.41, 5.74) is 4.75.